The van der Waals surface area contributed by atoms with Crippen molar-refractivity contribution < 1.29 is 8.42 Å². The molecule has 0 aliphatic carbocycles. The van der Waals surface area contributed by atoms with Gasteiger partial charge in [0.2, 0.25) is 0 Å². The molecule has 0 bridgehead atoms. The molecule has 0 saturated carbocycles. The summed E-state index contributed by atoms with van der Waals surface area (Å²) >= 11 is 5.95. The number of halogens is 1. The maximum Gasteiger partial charge on any atom is 0.262 e. The first-order chi connectivity index (χ1) is 9.81. The Morgan fingerprint density at radius 1 is 1.14 bits per heavy atom. The highest BCUT2D eigenvalue weighted by Gasteiger charge is 2.17. The van der Waals surface area contributed by atoms with Gasteiger partial charge >= 0.3 is 0 Å². The lowest BCUT2D eigenvalue weighted by atomic mass is 10.0. The van der Waals surface area contributed by atoms with Gasteiger partial charge in [0.15, 0.2) is 5.15 Å². The Labute approximate surface area is 130 Å². The van der Waals surface area contributed by atoms with Gasteiger partial charge in [0.1, 0.15) is 0 Å². The molecule has 0 aliphatic rings. The van der Waals surface area contributed by atoms with Crippen molar-refractivity contribution in [1.29, 1.82) is 0 Å². The molecular weight excluding hydrogens is 308 g/mol. The quantitative estimate of drug-likeness (QED) is 0.866. The van der Waals surface area contributed by atoms with Gasteiger partial charge in [-0.25, -0.2) is 13.4 Å². The van der Waals surface area contributed by atoms with Gasteiger partial charge in [0, 0.05) is 6.20 Å². The predicted molar refractivity (Wildman–Crippen MR) is 85.3 cm³/mol. The lowest BCUT2D eigenvalue weighted by Gasteiger charge is -2.12. The van der Waals surface area contributed by atoms with Crippen molar-refractivity contribution in [2.75, 3.05) is 4.72 Å². The standard InChI is InChI=1S/C15H17ClN2O2S/c1-10(2)12-4-6-13(7-5-12)21(19,20)18-14-11(3)8-9-17-15(14)16/h4-10,18H,1-3H3. The number of hydrogen-bond acceptors (Lipinski definition) is 3. The summed E-state index contributed by atoms with van der Waals surface area (Å²) in [5.74, 6) is 0.352. The summed E-state index contributed by atoms with van der Waals surface area (Å²) < 4.78 is 27.3. The molecule has 0 atom stereocenters. The number of aryl methyl sites for hydroxylation is 1. The highest BCUT2D eigenvalue weighted by Crippen LogP contribution is 2.26. The first kappa shape index (κ1) is 15.8. The fraction of sp³-hybridized carbons (Fsp3) is 0.267. The van der Waals surface area contributed by atoms with Crippen molar-refractivity contribution in [3.63, 3.8) is 0 Å². The molecule has 21 heavy (non-hydrogen) atoms. The number of nitrogens with zero attached hydrogens (tertiary/aromatic N) is 1. The summed E-state index contributed by atoms with van der Waals surface area (Å²) in [5.41, 5.74) is 2.12. The number of sulfonamides is 1. The normalized spacial score (nSPS) is 11.7. The molecule has 0 amide bonds. The van der Waals surface area contributed by atoms with Gasteiger partial charge in [-0.3, -0.25) is 4.72 Å². The van der Waals surface area contributed by atoms with Crippen molar-refractivity contribution in [2.24, 2.45) is 0 Å². The average molecular weight is 325 g/mol. The number of rotatable bonds is 4. The second kappa shape index (κ2) is 6.03. The third-order valence-corrected chi connectivity index (χ3v) is 4.86. The van der Waals surface area contributed by atoms with E-state index in [1.807, 2.05) is 12.1 Å². The van der Waals surface area contributed by atoms with Crippen molar-refractivity contribution in [3.05, 3.63) is 52.8 Å². The summed E-state index contributed by atoms with van der Waals surface area (Å²) in [6.45, 7) is 5.88. The Kier molecular flexibility index (Phi) is 4.54. The predicted octanol–water partition coefficient (Wildman–Crippen LogP) is 3.97. The van der Waals surface area contributed by atoms with Gasteiger partial charge in [0.05, 0.1) is 10.6 Å². The second-order valence-electron chi connectivity index (χ2n) is 5.12. The van der Waals surface area contributed by atoms with Crippen LogP contribution in [0.1, 0.15) is 30.9 Å². The Morgan fingerprint density at radius 3 is 2.29 bits per heavy atom. The number of aromatic nitrogens is 1. The van der Waals surface area contributed by atoms with E-state index in [0.29, 0.717) is 11.6 Å². The van der Waals surface area contributed by atoms with Crippen LogP contribution in [0.15, 0.2) is 41.4 Å². The summed E-state index contributed by atoms with van der Waals surface area (Å²) in [6.07, 6.45) is 1.53. The molecule has 0 saturated heterocycles. The molecule has 0 fully saturated rings. The van der Waals surface area contributed by atoms with Crippen molar-refractivity contribution in [3.8, 4) is 0 Å². The first-order valence-electron chi connectivity index (χ1n) is 6.55. The smallest absolute Gasteiger partial charge is 0.262 e. The molecule has 4 nitrogen and oxygen atoms in total. The minimum Gasteiger partial charge on any atom is -0.276 e. The SMILES string of the molecule is Cc1ccnc(Cl)c1NS(=O)(=O)c1ccc(C(C)C)cc1. The number of benzene rings is 1. The second-order valence-corrected chi connectivity index (χ2v) is 7.16. The van der Waals surface area contributed by atoms with Crippen LogP contribution in [-0.4, -0.2) is 13.4 Å². The van der Waals surface area contributed by atoms with E-state index in [0.717, 1.165) is 11.1 Å². The third-order valence-electron chi connectivity index (χ3n) is 3.21. The van der Waals surface area contributed by atoms with Crippen LogP contribution in [0.2, 0.25) is 5.15 Å². The van der Waals surface area contributed by atoms with E-state index in [4.69, 9.17) is 11.6 Å². The zero-order valence-electron chi connectivity index (χ0n) is 12.1. The van der Waals surface area contributed by atoms with Gasteiger partial charge in [-0.15, -0.1) is 0 Å². The van der Waals surface area contributed by atoms with Crippen LogP contribution < -0.4 is 4.72 Å². The van der Waals surface area contributed by atoms with E-state index < -0.39 is 10.0 Å². The minimum atomic E-state index is -3.68. The highest BCUT2D eigenvalue weighted by molar-refractivity contribution is 7.92. The van der Waals surface area contributed by atoms with E-state index in [1.54, 1.807) is 25.1 Å². The molecule has 0 unspecified atom stereocenters. The lowest BCUT2D eigenvalue weighted by Crippen LogP contribution is -2.14. The number of anilines is 1. The molecule has 1 aromatic carbocycles. The zero-order chi connectivity index (χ0) is 15.6. The first-order valence-corrected chi connectivity index (χ1v) is 8.41. The van der Waals surface area contributed by atoms with Crippen LogP contribution in [-0.2, 0) is 10.0 Å². The van der Waals surface area contributed by atoms with Crippen molar-refractivity contribution in [1.82, 2.24) is 4.98 Å². The summed E-state index contributed by atoms with van der Waals surface area (Å²) in [6, 6.07) is 8.52. The Hall–Kier alpha value is -1.59. The van der Waals surface area contributed by atoms with E-state index in [2.05, 4.69) is 23.6 Å². The van der Waals surface area contributed by atoms with Crippen LogP contribution in [0.4, 0.5) is 5.69 Å². The van der Waals surface area contributed by atoms with Crippen LogP contribution in [0.25, 0.3) is 0 Å². The van der Waals surface area contributed by atoms with Gasteiger partial charge in [-0.2, -0.15) is 0 Å². The van der Waals surface area contributed by atoms with E-state index in [1.165, 1.54) is 6.20 Å². The molecule has 1 heterocycles. The van der Waals surface area contributed by atoms with Gasteiger partial charge in [-0.05, 0) is 42.2 Å². The molecule has 112 valence electrons. The largest absolute Gasteiger partial charge is 0.276 e. The molecule has 0 spiro atoms. The molecule has 2 rings (SSSR count). The molecule has 0 radical (unpaired) electrons. The van der Waals surface area contributed by atoms with E-state index in [-0.39, 0.29) is 10.0 Å². The van der Waals surface area contributed by atoms with Crippen molar-refractivity contribution >= 4 is 27.3 Å². The molecule has 6 heteroatoms. The summed E-state index contributed by atoms with van der Waals surface area (Å²) in [7, 11) is -3.68. The number of nitrogens with one attached hydrogen (secondary N) is 1. The fourth-order valence-electron chi connectivity index (χ4n) is 1.87. The molecule has 2 aromatic rings. The van der Waals surface area contributed by atoms with Crippen LogP contribution >= 0.6 is 11.6 Å². The Morgan fingerprint density at radius 2 is 1.76 bits per heavy atom. The van der Waals surface area contributed by atoms with E-state index in [9.17, 15) is 8.42 Å². The zero-order valence-corrected chi connectivity index (χ0v) is 13.7. The van der Waals surface area contributed by atoms with E-state index >= 15 is 0 Å². The maximum atomic E-state index is 12.4. The van der Waals surface area contributed by atoms with Gasteiger partial charge in [0.25, 0.3) is 10.0 Å². The monoisotopic (exact) mass is 324 g/mol. The number of pyridine rings is 1. The summed E-state index contributed by atoms with van der Waals surface area (Å²) in [4.78, 5) is 4.09. The third kappa shape index (κ3) is 3.54. The molecular formula is C15H17ClN2O2S. The Bertz CT molecular complexity index is 721. The lowest BCUT2D eigenvalue weighted by molar-refractivity contribution is 0.601. The minimum absolute atomic E-state index is 0.136. The molecule has 1 aromatic heterocycles. The highest BCUT2D eigenvalue weighted by atomic mass is 35.5. The van der Waals surface area contributed by atoms with Gasteiger partial charge in [-0.1, -0.05) is 37.6 Å². The van der Waals surface area contributed by atoms with Crippen LogP contribution in [0, 0.1) is 6.92 Å². The molecule has 0 aliphatic heterocycles. The van der Waals surface area contributed by atoms with Crippen molar-refractivity contribution in [2.45, 2.75) is 31.6 Å². The van der Waals surface area contributed by atoms with Crippen LogP contribution in [0.3, 0.4) is 0 Å². The average Bonchev–Trinajstić information content (AvgIpc) is 2.43. The summed E-state index contributed by atoms with van der Waals surface area (Å²) in [5, 5.41) is 0.136. The molecule has 1 N–H and O–H groups in total. The number of hydrogen-bond donors (Lipinski definition) is 1. The topological polar surface area (TPSA) is 59.1 Å². The Balaban J connectivity index is 2.34. The van der Waals surface area contributed by atoms with Crippen LogP contribution in [0.5, 0.6) is 0 Å². The van der Waals surface area contributed by atoms with Gasteiger partial charge < -0.3 is 0 Å². The maximum absolute atomic E-state index is 12.4. The fourth-order valence-corrected chi connectivity index (χ4v) is 3.32.